The summed E-state index contributed by atoms with van der Waals surface area (Å²) in [4.78, 5) is 25.9. The Bertz CT molecular complexity index is 1030. The number of aryl methyl sites for hydroxylation is 1. The minimum atomic E-state index is -0.807. The normalized spacial score (nSPS) is 16.6. The molecule has 1 aliphatic rings. The maximum Gasteiger partial charge on any atom is 0.279 e. The molecule has 2 atom stereocenters. The molecule has 3 aromatic rings. The first kappa shape index (κ1) is 18.6. The molecule has 7 heteroatoms. The van der Waals surface area contributed by atoms with Gasteiger partial charge in [-0.3, -0.25) is 15.0 Å². The Morgan fingerprint density at radius 1 is 1.14 bits per heavy atom. The van der Waals surface area contributed by atoms with Crippen molar-refractivity contribution >= 4 is 17.5 Å². The van der Waals surface area contributed by atoms with E-state index >= 15 is 0 Å². The smallest absolute Gasteiger partial charge is 0.279 e. The molecule has 2 N–H and O–H groups in total. The molecular weight excluding hydrogens is 370 g/mol. The van der Waals surface area contributed by atoms with E-state index in [0.717, 1.165) is 5.56 Å². The molecule has 4 rings (SSSR count). The Morgan fingerprint density at radius 2 is 1.90 bits per heavy atom. The lowest BCUT2D eigenvalue weighted by molar-refractivity contribution is -0.132. The molecule has 2 aromatic carbocycles. The second kappa shape index (κ2) is 7.71. The van der Waals surface area contributed by atoms with Crippen LogP contribution >= 0.6 is 0 Å². The van der Waals surface area contributed by atoms with Crippen molar-refractivity contribution in [2.45, 2.75) is 26.1 Å². The van der Waals surface area contributed by atoms with Gasteiger partial charge in [0.25, 0.3) is 11.8 Å². The Kier molecular flexibility index (Phi) is 4.95. The van der Waals surface area contributed by atoms with Gasteiger partial charge in [-0.2, -0.15) is 0 Å². The Hall–Kier alpha value is -3.74. The van der Waals surface area contributed by atoms with E-state index in [2.05, 4.69) is 10.7 Å². The van der Waals surface area contributed by atoms with Gasteiger partial charge in [-0.25, -0.2) is 5.01 Å². The summed E-state index contributed by atoms with van der Waals surface area (Å²) >= 11 is 0. The number of furan rings is 1. The van der Waals surface area contributed by atoms with Gasteiger partial charge in [0.15, 0.2) is 12.3 Å². The van der Waals surface area contributed by atoms with Gasteiger partial charge in [-0.05, 0) is 49.7 Å². The van der Waals surface area contributed by atoms with Gasteiger partial charge in [0, 0.05) is 5.69 Å². The molecular formula is C22H21N3O4. The van der Waals surface area contributed by atoms with Crippen molar-refractivity contribution < 1.29 is 18.7 Å². The van der Waals surface area contributed by atoms with Crippen molar-refractivity contribution in [3.63, 3.8) is 0 Å². The number of anilines is 1. The molecule has 0 aliphatic carbocycles. The van der Waals surface area contributed by atoms with Crippen LogP contribution in [0.3, 0.4) is 0 Å². The molecule has 148 valence electrons. The summed E-state index contributed by atoms with van der Waals surface area (Å²) < 4.78 is 11.3. The van der Waals surface area contributed by atoms with Crippen molar-refractivity contribution in [2.75, 3.05) is 5.32 Å². The minimum absolute atomic E-state index is 0.336. The van der Waals surface area contributed by atoms with E-state index in [9.17, 15) is 9.59 Å². The maximum absolute atomic E-state index is 13.1. The zero-order valence-electron chi connectivity index (χ0n) is 16.1. The first-order valence-electron chi connectivity index (χ1n) is 9.30. The summed E-state index contributed by atoms with van der Waals surface area (Å²) in [5, 5.41) is 4.48. The molecule has 2 amide bonds. The van der Waals surface area contributed by atoms with Gasteiger partial charge in [0.2, 0.25) is 0 Å². The van der Waals surface area contributed by atoms with Crippen LogP contribution in [-0.2, 0) is 4.79 Å². The number of fused-ring (bicyclic) bond motifs is 1. The van der Waals surface area contributed by atoms with E-state index in [0.29, 0.717) is 22.8 Å². The number of para-hydroxylation sites is 2. The predicted octanol–water partition coefficient (Wildman–Crippen LogP) is 3.65. The molecule has 0 saturated carbocycles. The lowest BCUT2D eigenvalue weighted by Gasteiger charge is -2.36. The van der Waals surface area contributed by atoms with Crippen LogP contribution in [0.5, 0.6) is 5.75 Å². The first-order chi connectivity index (χ1) is 14.0. The monoisotopic (exact) mass is 391 g/mol. The van der Waals surface area contributed by atoms with Gasteiger partial charge in [0.05, 0.1) is 11.8 Å². The summed E-state index contributed by atoms with van der Waals surface area (Å²) in [6.07, 6.45) is 0.0340. The molecule has 0 saturated heterocycles. The number of ether oxygens (including phenoxy) is 1. The average Bonchev–Trinajstić information content (AvgIpc) is 3.26. The summed E-state index contributed by atoms with van der Waals surface area (Å²) in [5.41, 5.74) is 4.74. The number of rotatable bonds is 5. The van der Waals surface area contributed by atoms with Gasteiger partial charge in [-0.1, -0.05) is 30.3 Å². The molecule has 7 nitrogen and oxygen atoms in total. The van der Waals surface area contributed by atoms with E-state index in [4.69, 9.17) is 9.15 Å². The van der Waals surface area contributed by atoms with Crippen molar-refractivity contribution in [1.29, 1.82) is 0 Å². The molecule has 2 unspecified atom stereocenters. The highest BCUT2D eigenvalue weighted by Gasteiger charge is 2.36. The molecule has 0 radical (unpaired) electrons. The van der Waals surface area contributed by atoms with Crippen LogP contribution in [0.2, 0.25) is 0 Å². The third kappa shape index (κ3) is 3.67. The number of carbonyl (C=O) groups is 2. The second-order valence-corrected chi connectivity index (χ2v) is 6.78. The SMILES string of the molecule is Cc1ccccc1OC(C)C(=O)NN1C(=O)c2ccccc2NC1c1ccco1. The summed E-state index contributed by atoms with van der Waals surface area (Å²) in [6.45, 7) is 3.54. The quantitative estimate of drug-likeness (QED) is 0.694. The van der Waals surface area contributed by atoms with E-state index in [1.807, 2.05) is 37.3 Å². The molecule has 0 fully saturated rings. The topological polar surface area (TPSA) is 83.8 Å². The number of benzene rings is 2. The van der Waals surface area contributed by atoms with E-state index < -0.39 is 18.2 Å². The third-order valence-corrected chi connectivity index (χ3v) is 4.74. The van der Waals surface area contributed by atoms with Crippen LogP contribution < -0.4 is 15.5 Å². The van der Waals surface area contributed by atoms with E-state index in [1.54, 1.807) is 37.3 Å². The number of hydrogen-bond acceptors (Lipinski definition) is 5. The lowest BCUT2D eigenvalue weighted by atomic mass is 10.1. The highest BCUT2D eigenvalue weighted by molar-refractivity contribution is 6.02. The van der Waals surface area contributed by atoms with Crippen LogP contribution in [0, 0.1) is 6.92 Å². The largest absolute Gasteiger partial charge is 0.481 e. The summed E-state index contributed by atoms with van der Waals surface area (Å²) in [6, 6.07) is 18.0. The minimum Gasteiger partial charge on any atom is -0.481 e. The summed E-state index contributed by atoms with van der Waals surface area (Å²) in [5.74, 6) is 0.336. The lowest BCUT2D eigenvalue weighted by Crippen LogP contribution is -2.55. The zero-order valence-corrected chi connectivity index (χ0v) is 16.1. The molecule has 1 aromatic heterocycles. The molecule has 0 spiro atoms. The third-order valence-electron chi connectivity index (χ3n) is 4.74. The molecule has 29 heavy (non-hydrogen) atoms. The van der Waals surface area contributed by atoms with Crippen LogP contribution in [0.4, 0.5) is 5.69 Å². The van der Waals surface area contributed by atoms with Crippen molar-refractivity contribution in [1.82, 2.24) is 10.4 Å². The summed E-state index contributed by atoms with van der Waals surface area (Å²) in [7, 11) is 0. The Morgan fingerprint density at radius 3 is 2.66 bits per heavy atom. The second-order valence-electron chi connectivity index (χ2n) is 6.78. The fourth-order valence-corrected chi connectivity index (χ4v) is 3.16. The Balaban J connectivity index is 1.57. The number of hydrogen-bond donors (Lipinski definition) is 2. The zero-order chi connectivity index (χ0) is 20.4. The van der Waals surface area contributed by atoms with Crippen LogP contribution in [0.25, 0.3) is 0 Å². The van der Waals surface area contributed by atoms with Crippen LogP contribution in [0.15, 0.2) is 71.3 Å². The highest BCUT2D eigenvalue weighted by Crippen LogP contribution is 2.32. The van der Waals surface area contributed by atoms with Gasteiger partial charge in [0.1, 0.15) is 11.5 Å². The van der Waals surface area contributed by atoms with Gasteiger partial charge >= 0.3 is 0 Å². The first-order valence-corrected chi connectivity index (χ1v) is 9.30. The van der Waals surface area contributed by atoms with Crippen LogP contribution in [0.1, 0.15) is 34.8 Å². The van der Waals surface area contributed by atoms with Gasteiger partial charge < -0.3 is 14.5 Å². The van der Waals surface area contributed by atoms with Crippen LogP contribution in [-0.4, -0.2) is 22.9 Å². The number of nitrogens with zero attached hydrogens (tertiary/aromatic N) is 1. The fraction of sp³-hybridized carbons (Fsp3) is 0.182. The maximum atomic E-state index is 13.1. The van der Waals surface area contributed by atoms with Crippen molar-refractivity contribution in [2.24, 2.45) is 0 Å². The molecule has 1 aliphatic heterocycles. The number of nitrogens with one attached hydrogen (secondary N) is 2. The Labute approximate surface area is 168 Å². The molecule has 0 bridgehead atoms. The van der Waals surface area contributed by atoms with E-state index in [-0.39, 0.29) is 5.91 Å². The number of carbonyl (C=O) groups excluding carboxylic acids is 2. The fourth-order valence-electron chi connectivity index (χ4n) is 3.16. The number of hydrazine groups is 1. The van der Waals surface area contributed by atoms with Crippen molar-refractivity contribution in [3.8, 4) is 5.75 Å². The standard InChI is InChI=1S/C22H21N3O4/c1-14-8-3-6-11-18(14)29-15(2)21(26)24-25-20(19-12-7-13-28-19)23-17-10-5-4-9-16(17)22(25)27/h3-13,15,20,23H,1-2H3,(H,24,26). The van der Waals surface area contributed by atoms with Crippen molar-refractivity contribution in [3.05, 3.63) is 83.8 Å². The highest BCUT2D eigenvalue weighted by atomic mass is 16.5. The predicted molar refractivity (Wildman–Crippen MR) is 107 cm³/mol. The van der Waals surface area contributed by atoms with Gasteiger partial charge in [-0.15, -0.1) is 0 Å². The number of amides is 2. The van der Waals surface area contributed by atoms with E-state index in [1.165, 1.54) is 11.3 Å². The average molecular weight is 391 g/mol. The molecule has 2 heterocycles.